The lowest BCUT2D eigenvalue weighted by Gasteiger charge is -2.23. The van der Waals surface area contributed by atoms with E-state index in [1.54, 1.807) is 14.2 Å². The number of likely N-dealkylation sites (N-methyl/N-ethyl adjacent to an activating group) is 1. The van der Waals surface area contributed by atoms with Crippen LogP contribution < -0.4 is 14.8 Å². The van der Waals surface area contributed by atoms with Crippen LogP contribution in [0.3, 0.4) is 0 Å². The Morgan fingerprint density at radius 3 is 2.48 bits per heavy atom. The van der Waals surface area contributed by atoms with Crippen LogP contribution in [-0.4, -0.2) is 33.5 Å². The molecule has 0 spiro atoms. The van der Waals surface area contributed by atoms with Crippen molar-refractivity contribution in [3.05, 3.63) is 23.8 Å². The van der Waals surface area contributed by atoms with E-state index < -0.39 is 0 Å². The molecular formula is C17H29NO3. The van der Waals surface area contributed by atoms with Crippen LogP contribution in [0, 0.1) is 0 Å². The lowest BCUT2D eigenvalue weighted by Crippen LogP contribution is -2.27. The number of nitrogens with one attached hydrogen (secondary N) is 1. The molecule has 1 aromatic rings. The summed E-state index contributed by atoms with van der Waals surface area (Å²) in [6.45, 7) is 7.88. The molecule has 0 aromatic heterocycles. The molecule has 0 saturated carbocycles. The van der Waals surface area contributed by atoms with Gasteiger partial charge in [0.1, 0.15) is 11.5 Å². The average Bonchev–Trinajstić information content (AvgIpc) is 2.51. The minimum Gasteiger partial charge on any atom is -0.497 e. The monoisotopic (exact) mass is 295 g/mol. The summed E-state index contributed by atoms with van der Waals surface area (Å²) in [5.74, 6) is 1.68. The van der Waals surface area contributed by atoms with E-state index in [2.05, 4.69) is 26.1 Å². The first-order valence-corrected chi connectivity index (χ1v) is 7.73. The van der Waals surface area contributed by atoms with Crippen LogP contribution in [0.2, 0.25) is 0 Å². The van der Waals surface area contributed by atoms with Gasteiger partial charge in [-0.3, -0.25) is 0 Å². The van der Waals surface area contributed by atoms with Crippen molar-refractivity contribution in [3.8, 4) is 11.5 Å². The number of benzene rings is 1. The van der Waals surface area contributed by atoms with Gasteiger partial charge in [-0.05, 0) is 38.1 Å². The third kappa shape index (κ3) is 5.56. The minimum absolute atomic E-state index is 0.0966. The molecule has 0 fully saturated rings. The summed E-state index contributed by atoms with van der Waals surface area (Å²) in [7, 11) is 3.36. The van der Waals surface area contributed by atoms with Crippen LogP contribution in [0.1, 0.15) is 45.2 Å². The predicted octanol–water partition coefficient (Wildman–Crippen LogP) is 3.56. The number of methoxy groups -OCH3 is 2. The molecule has 0 aliphatic carbocycles. The second-order valence-corrected chi connectivity index (χ2v) is 5.15. The molecule has 0 heterocycles. The third-order valence-electron chi connectivity index (χ3n) is 3.51. The normalized spacial score (nSPS) is 13.8. The van der Waals surface area contributed by atoms with Gasteiger partial charge in [-0.25, -0.2) is 0 Å². The van der Waals surface area contributed by atoms with Crippen molar-refractivity contribution in [1.29, 1.82) is 0 Å². The Morgan fingerprint density at radius 2 is 1.90 bits per heavy atom. The molecule has 1 aromatic carbocycles. The molecule has 2 unspecified atom stereocenters. The third-order valence-corrected chi connectivity index (χ3v) is 3.51. The Hall–Kier alpha value is -1.26. The van der Waals surface area contributed by atoms with E-state index in [4.69, 9.17) is 14.2 Å². The van der Waals surface area contributed by atoms with E-state index in [0.29, 0.717) is 6.61 Å². The van der Waals surface area contributed by atoms with E-state index in [1.807, 2.05) is 18.2 Å². The van der Waals surface area contributed by atoms with Gasteiger partial charge in [0.25, 0.3) is 0 Å². The summed E-state index contributed by atoms with van der Waals surface area (Å²) >= 11 is 0. The highest BCUT2D eigenvalue weighted by molar-refractivity contribution is 5.42. The van der Waals surface area contributed by atoms with E-state index in [0.717, 1.165) is 36.4 Å². The maximum atomic E-state index is 5.97. The van der Waals surface area contributed by atoms with Gasteiger partial charge in [0.2, 0.25) is 0 Å². The predicted molar refractivity (Wildman–Crippen MR) is 86.3 cm³/mol. The fourth-order valence-corrected chi connectivity index (χ4v) is 2.37. The van der Waals surface area contributed by atoms with E-state index in [9.17, 15) is 0 Å². The Bertz CT molecular complexity index is 409. The highest BCUT2D eigenvalue weighted by Gasteiger charge is 2.17. The summed E-state index contributed by atoms with van der Waals surface area (Å²) < 4.78 is 16.8. The van der Waals surface area contributed by atoms with Gasteiger partial charge >= 0.3 is 0 Å². The topological polar surface area (TPSA) is 39.7 Å². The van der Waals surface area contributed by atoms with Crippen molar-refractivity contribution in [2.75, 3.05) is 27.4 Å². The second-order valence-electron chi connectivity index (χ2n) is 5.15. The van der Waals surface area contributed by atoms with Gasteiger partial charge < -0.3 is 19.5 Å². The van der Waals surface area contributed by atoms with Crippen LogP contribution in [0.25, 0.3) is 0 Å². The SMILES string of the molecule is CCCC(C)OCC(NCC)c1cc(OC)ccc1OC. The second kappa shape index (κ2) is 9.64. The van der Waals surface area contributed by atoms with Crippen LogP contribution in [0.15, 0.2) is 18.2 Å². The van der Waals surface area contributed by atoms with Crippen LogP contribution >= 0.6 is 0 Å². The molecule has 0 amide bonds. The zero-order chi connectivity index (χ0) is 15.7. The van der Waals surface area contributed by atoms with Crippen molar-refractivity contribution >= 4 is 0 Å². The summed E-state index contributed by atoms with van der Waals surface area (Å²) in [6.07, 6.45) is 2.48. The molecule has 120 valence electrons. The van der Waals surface area contributed by atoms with Gasteiger partial charge in [-0.1, -0.05) is 20.3 Å². The highest BCUT2D eigenvalue weighted by atomic mass is 16.5. The largest absolute Gasteiger partial charge is 0.497 e. The summed E-state index contributed by atoms with van der Waals surface area (Å²) in [6, 6.07) is 5.96. The fourth-order valence-electron chi connectivity index (χ4n) is 2.37. The smallest absolute Gasteiger partial charge is 0.123 e. The fraction of sp³-hybridized carbons (Fsp3) is 0.647. The number of hydrogen-bond acceptors (Lipinski definition) is 4. The summed E-state index contributed by atoms with van der Waals surface area (Å²) in [5, 5.41) is 3.46. The van der Waals surface area contributed by atoms with Crippen LogP contribution in [-0.2, 0) is 4.74 Å². The molecule has 0 radical (unpaired) electrons. The first kappa shape index (κ1) is 17.8. The molecule has 1 N–H and O–H groups in total. The zero-order valence-electron chi connectivity index (χ0n) is 13.9. The van der Waals surface area contributed by atoms with Crippen LogP contribution in [0.4, 0.5) is 0 Å². The number of rotatable bonds is 10. The van der Waals surface area contributed by atoms with Crippen molar-refractivity contribution in [2.24, 2.45) is 0 Å². The standard InChI is InChI=1S/C17H29NO3/c1-6-8-13(3)21-12-16(18-7-2)15-11-14(19-4)9-10-17(15)20-5/h9-11,13,16,18H,6-8,12H2,1-5H3. The van der Waals surface area contributed by atoms with Crippen molar-refractivity contribution in [3.63, 3.8) is 0 Å². The maximum absolute atomic E-state index is 5.97. The molecular weight excluding hydrogens is 266 g/mol. The average molecular weight is 295 g/mol. The molecule has 21 heavy (non-hydrogen) atoms. The molecule has 0 bridgehead atoms. The molecule has 1 rings (SSSR count). The highest BCUT2D eigenvalue weighted by Crippen LogP contribution is 2.30. The van der Waals surface area contributed by atoms with Crippen LogP contribution in [0.5, 0.6) is 11.5 Å². The van der Waals surface area contributed by atoms with Gasteiger partial charge in [0.15, 0.2) is 0 Å². The summed E-state index contributed by atoms with van der Waals surface area (Å²) in [5.41, 5.74) is 1.07. The Morgan fingerprint density at radius 1 is 1.14 bits per heavy atom. The molecule has 2 atom stereocenters. The Kier molecular flexibility index (Phi) is 8.16. The van der Waals surface area contributed by atoms with Crippen molar-refractivity contribution in [2.45, 2.75) is 45.8 Å². The van der Waals surface area contributed by atoms with E-state index in [-0.39, 0.29) is 12.1 Å². The minimum atomic E-state index is 0.0966. The number of ether oxygens (including phenoxy) is 3. The van der Waals surface area contributed by atoms with Gasteiger partial charge in [0.05, 0.1) is 33.0 Å². The molecule has 0 saturated heterocycles. The van der Waals surface area contributed by atoms with E-state index in [1.165, 1.54) is 0 Å². The molecule has 0 aliphatic rings. The lowest BCUT2D eigenvalue weighted by molar-refractivity contribution is 0.0438. The molecule has 4 heteroatoms. The van der Waals surface area contributed by atoms with Gasteiger partial charge in [-0.15, -0.1) is 0 Å². The molecule has 4 nitrogen and oxygen atoms in total. The summed E-state index contributed by atoms with van der Waals surface area (Å²) in [4.78, 5) is 0. The van der Waals surface area contributed by atoms with Crippen molar-refractivity contribution in [1.82, 2.24) is 5.32 Å². The number of hydrogen-bond donors (Lipinski definition) is 1. The van der Waals surface area contributed by atoms with Crippen molar-refractivity contribution < 1.29 is 14.2 Å². The van der Waals surface area contributed by atoms with Gasteiger partial charge in [0, 0.05) is 5.56 Å². The molecule has 0 aliphatic heterocycles. The quantitative estimate of drug-likeness (QED) is 0.716. The first-order valence-electron chi connectivity index (χ1n) is 7.73. The zero-order valence-corrected chi connectivity index (χ0v) is 13.9. The first-order chi connectivity index (χ1) is 10.2. The Balaban J connectivity index is 2.87. The Labute approximate surface area is 128 Å². The van der Waals surface area contributed by atoms with Gasteiger partial charge in [-0.2, -0.15) is 0 Å². The van der Waals surface area contributed by atoms with E-state index >= 15 is 0 Å². The maximum Gasteiger partial charge on any atom is 0.123 e. The lowest BCUT2D eigenvalue weighted by atomic mass is 10.1.